The van der Waals surface area contributed by atoms with Crippen LogP contribution in [-0.2, 0) is 34.2 Å². The second kappa shape index (κ2) is 12.2. The van der Waals surface area contributed by atoms with E-state index in [0.717, 1.165) is 29.5 Å². The van der Waals surface area contributed by atoms with Crippen LogP contribution < -0.4 is 5.32 Å². The van der Waals surface area contributed by atoms with Crippen molar-refractivity contribution in [1.29, 1.82) is 0 Å². The van der Waals surface area contributed by atoms with Crippen molar-refractivity contribution in [3.05, 3.63) is 88.7 Å². The maximum atomic E-state index is 13.2. The summed E-state index contributed by atoms with van der Waals surface area (Å²) in [5, 5.41) is 3.60. The van der Waals surface area contributed by atoms with Gasteiger partial charge >= 0.3 is 0 Å². The van der Waals surface area contributed by atoms with Crippen LogP contribution in [0.25, 0.3) is 0 Å². The van der Waals surface area contributed by atoms with Gasteiger partial charge in [-0.3, -0.25) is 9.69 Å². The second-order valence-corrected chi connectivity index (χ2v) is 11.6. The van der Waals surface area contributed by atoms with Crippen LogP contribution in [0.3, 0.4) is 0 Å². The maximum Gasteiger partial charge on any atom is 0.239 e. The standard InChI is InChI=1S/C26H31ClFN5O3S/c1-37(35,36)33-15-14-31(13-11-20-2-6-22(27)7-3-20)18-25(33)26(34)30-12-10-24-16-29-19-32(24)17-21-4-8-23(28)9-5-21/h2-9,16,19,25H,10-15,17-18H2,1H3,(H,30,34). The molecule has 0 bridgehead atoms. The van der Waals surface area contributed by atoms with Crippen LogP contribution in [0, 0.1) is 5.82 Å². The molecule has 1 amide bonds. The van der Waals surface area contributed by atoms with Gasteiger partial charge in [-0.05, 0) is 41.8 Å². The van der Waals surface area contributed by atoms with Gasteiger partial charge in [0.05, 0.1) is 12.6 Å². The van der Waals surface area contributed by atoms with E-state index in [2.05, 4.69) is 15.2 Å². The highest BCUT2D eigenvalue weighted by Gasteiger charge is 2.37. The van der Waals surface area contributed by atoms with E-state index in [0.29, 0.717) is 44.2 Å². The Balaban J connectivity index is 1.33. The zero-order chi connectivity index (χ0) is 26.4. The van der Waals surface area contributed by atoms with Gasteiger partial charge in [0.2, 0.25) is 15.9 Å². The topological polar surface area (TPSA) is 87.5 Å². The van der Waals surface area contributed by atoms with Crippen molar-refractivity contribution in [2.75, 3.05) is 39.0 Å². The van der Waals surface area contributed by atoms with Crippen molar-refractivity contribution in [3.63, 3.8) is 0 Å². The Morgan fingerprint density at radius 3 is 2.49 bits per heavy atom. The number of hydrogen-bond acceptors (Lipinski definition) is 5. The highest BCUT2D eigenvalue weighted by molar-refractivity contribution is 7.88. The number of rotatable bonds is 10. The molecule has 1 unspecified atom stereocenters. The molecule has 1 atom stereocenters. The molecule has 0 spiro atoms. The Hall–Kier alpha value is -2.79. The predicted molar refractivity (Wildman–Crippen MR) is 141 cm³/mol. The van der Waals surface area contributed by atoms with E-state index in [1.54, 1.807) is 24.7 Å². The molecule has 0 radical (unpaired) electrons. The van der Waals surface area contributed by atoms with Gasteiger partial charge in [-0.25, -0.2) is 17.8 Å². The summed E-state index contributed by atoms with van der Waals surface area (Å²) in [6.07, 6.45) is 5.88. The van der Waals surface area contributed by atoms with Crippen molar-refractivity contribution in [1.82, 2.24) is 24.1 Å². The summed E-state index contributed by atoms with van der Waals surface area (Å²) in [6, 6.07) is 13.1. The normalized spacial score (nSPS) is 17.1. The zero-order valence-corrected chi connectivity index (χ0v) is 22.3. The zero-order valence-electron chi connectivity index (χ0n) is 20.7. The molecular formula is C26H31ClFN5O3S. The Labute approximate surface area is 222 Å². The van der Waals surface area contributed by atoms with E-state index >= 15 is 0 Å². The van der Waals surface area contributed by atoms with Gasteiger partial charge in [-0.1, -0.05) is 35.9 Å². The number of hydrogen-bond donors (Lipinski definition) is 1. The largest absolute Gasteiger partial charge is 0.354 e. The molecule has 2 heterocycles. The summed E-state index contributed by atoms with van der Waals surface area (Å²) in [5.74, 6) is -0.599. The van der Waals surface area contributed by atoms with Crippen LogP contribution in [0.1, 0.15) is 16.8 Å². The van der Waals surface area contributed by atoms with Crippen LogP contribution in [0.4, 0.5) is 4.39 Å². The molecule has 198 valence electrons. The smallest absolute Gasteiger partial charge is 0.239 e. The molecule has 1 saturated heterocycles. The van der Waals surface area contributed by atoms with Crippen LogP contribution in [-0.4, -0.2) is 78.1 Å². The van der Waals surface area contributed by atoms with Crippen molar-refractivity contribution >= 4 is 27.5 Å². The highest BCUT2D eigenvalue weighted by Crippen LogP contribution is 2.16. The molecule has 1 aliphatic heterocycles. The van der Waals surface area contributed by atoms with Gasteiger partial charge in [-0.15, -0.1) is 0 Å². The molecule has 4 rings (SSSR count). The summed E-state index contributed by atoms with van der Waals surface area (Å²) < 4.78 is 41.2. The monoisotopic (exact) mass is 547 g/mol. The second-order valence-electron chi connectivity index (χ2n) is 9.25. The number of piperazine rings is 1. The van der Waals surface area contributed by atoms with E-state index in [9.17, 15) is 17.6 Å². The molecule has 3 aromatic rings. The minimum absolute atomic E-state index is 0.266. The van der Waals surface area contributed by atoms with Crippen LogP contribution in [0.5, 0.6) is 0 Å². The first kappa shape index (κ1) is 27.3. The van der Waals surface area contributed by atoms with Gasteiger partial charge in [0, 0.05) is 62.6 Å². The van der Waals surface area contributed by atoms with Crippen molar-refractivity contribution in [2.24, 2.45) is 0 Å². The number of carbonyl (C=O) groups excluding carboxylic acids is 1. The fraction of sp³-hybridized carbons (Fsp3) is 0.385. The molecule has 37 heavy (non-hydrogen) atoms. The fourth-order valence-electron chi connectivity index (χ4n) is 4.49. The Bertz CT molecular complexity index is 1300. The first-order valence-corrected chi connectivity index (χ1v) is 14.4. The van der Waals surface area contributed by atoms with Crippen molar-refractivity contribution in [3.8, 4) is 0 Å². The van der Waals surface area contributed by atoms with E-state index in [1.165, 1.54) is 16.4 Å². The highest BCUT2D eigenvalue weighted by atomic mass is 35.5. The molecule has 1 fully saturated rings. The fourth-order valence-corrected chi connectivity index (χ4v) is 5.66. The average molecular weight is 548 g/mol. The Kier molecular flexibility index (Phi) is 8.96. The third-order valence-electron chi connectivity index (χ3n) is 6.52. The van der Waals surface area contributed by atoms with E-state index in [1.807, 2.05) is 28.8 Å². The Morgan fingerprint density at radius 1 is 1.08 bits per heavy atom. The SMILES string of the molecule is CS(=O)(=O)N1CCN(CCc2ccc(Cl)cc2)CC1C(=O)NCCc1cncn1Cc1ccc(F)cc1. The number of nitrogens with one attached hydrogen (secondary N) is 1. The number of sulfonamides is 1. The molecule has 8 nitrogen and oxygen atoms in total. The lowest BCUT2D eigenvalue weighted by Crippen LogP contribution is -2.60. The molecule has 1 aliphatic rings. The molecule has 1 aromatic heterocycles. The lowest BCUT2D eigenvalue weighted by atomic mass is 10.1. The minimum atomic E-state index is -3.54. The lowest BCUT2D eigenvalue weighted by Gasteiger charge is -2.39. The first-order chi connectivity index (χ1) is 17.7. The van der Waals surface area contributed by atoms with Gasteiger partial charge in [-0.2, -0.15) is 4.31 Å². The van der Waals surface area contributed by atoms with E-state index < -0.39 is 16.1 Å². The van der Waals surface area contributed by atoms with E-state index in [4.69, 9.17) is 11.6 Å². The van der Waals surface area contributed by atoms with Crippen molar-refractivity contribution in [2.45, 2.75) is 25.4 Å². The number of halogens is 2. The molecule has 0 aliphatic carbocycles. The quantitative estimate of drug-likeness (QED) is 0.421. The van der Waals surface area contributed by atoms with E-state index in [-0.39, 0.29) is 18.3 Å². The number of benzene rings is 2. The number of amides is 1. The minimum Gasteiger partial charge on any atom is -0.354 e. The van der Waals surface area contributed by atoms with Gasteiger partial charge in [0.15, 0.2) is 0 Å². The summed E-state index contributed by atoms with van der Waals surface area (Å²) in [6.45, 7) is 2.75. The number of aromatic nitrogens is 2. The summed E-state index contributed by atoms with van der Waals surface area (Å²) in [4.78, 5) is 19.5. The third kappa shape index (κ3) is 7.61. The summed E-state index contributed by atoms with van der Waals surface area (Å²) in [5.41, 5.74) is 2.99. The number of carbonyl (C=O) groups is 1. The van der Waals surface area contributed by atoms with Gasteiger partial charge < -0.3 is 9.88 Å². The molecule has 0 saturated carbocycles. The number of imidazole rings is 1. The molecule has 2 aromatic carbocycles. The summed E-state index contributed by atoms with van der Waals surface area (Å²) >= 11 is 5.96. The van der Waals surface area contributed by atoms with Crippen LogP contribution >= 0.6 is 11.6 Å². The molecule has 11 heteroatoms. The van der Waals surface area contributed by atoms with Gasteiger partial charge in [0.1, 0.15) is 11.9 Å². The van der Waals surface area contributed by atoms with Crippen LogP contribution in [0.2, 0.25) is 5.02 Å². The molecular weight excluding hydrogens is 517 g/mol. The predicted octanol–water partition coefficient (Wildman–Crippen LogP) is 2.57. The third-order valence-corrected chi connectivity index (χ3v) is 8.06. The van der Waals surface area contributed by atoms with Crippen molar-refractivity contribution < 1.29 is 17.6 Å². The Morgan fingerprint density at radius 2 is 1.78 bits per heavy atom. The molecule has 1 N–H and O–H groups in total. The first-order valence-electron chi connectivity index (χ1n) is 12.1. The maximum absolute atomic E-state index is 13.2. The van der Waals surface area contributed by atoms with Crippen LogP contribution in [0.15, 0.2) is 61.1 Å². The van der Waals surface area contributed by atoms with Gasteiger partial charge in [0.25, 0.3) is 0 Å². The summed E-state index contributed by atoms with van der Waals surface area (Å²) in [7, 11) is -3.54. The number of nitrogens with zero attached hydrogens (tertiary/aromatic N) is 4. The lowest BCUT2D eigenvalue weighted by molar-refractivity contribution is -0.126. The average Bonchev–Trinajstić information content (AvgIpc) is 3.31.